The molecule has 8 heteroatoms. The number of ether oxygens (including phenoxy) is 1. The molecule has 0 saturated heterocycles. The third kappa shape index (κ3) is 5.27. The van der Waals surface area contributed by atoms with Crippen molar-refractivity contribution in [3.8, 4) is 5.88 Å². The minimum atomic E-state index is -2.70. The number of nitrogens with one attached hydrogen (secondary N) is 1. The fourth-order valence-corrected chi connectivity index (χ4v) is 2.99. The van der Waals surface area contributed by atoms with Crippen molar-refractivity contribution in [2.24, 2.45) is 0 Å². The van der Waals surface area contributed by atoms with E-state index in [0.717, 1.165) is 17.7 Å². The Labute approximate surface area is 165 Å². The van der Waals surface area contributed by atoms with Gasteiger partial charge in [0.25, 0.3) is 0 Å². The molecule has 0 atom stereocenters. The summed E-state index contributed by atoms with van der Waals surface area (Å²) >= 11 is 0. The van der Waals surface area contributed by atoms with Crippen molar-refractivity contribution in [2.45, 2.75) is 45.5 Å². The number of nitrogens with zero attached hydrogens (tertiary/aromatic N) is 2. The smallest absolute Gasteiger partial charge is 0.311 e. The third-order valence-corrected chi connectivity index (χ3v) is 9.25. The second kappa shape index (κ2) is 8.06. The Hall–Kier alpha value is -2.45. The number of pyridine rings is 1. The van der Waals surface area contributed by atoms with E-state index in [9.17, 15) is 10.1 Å². The predicted octanol–water partition coefficient (Wildman–Crippen LogP) is 5.26. The summed E-state index contributed by atoms with van der Waals surface area (Å²) in [6, 6.07) is 9.54. The van der Waals surface area contributed by atoms with Gasteiger partial charge in [-0.15, -0.1) is 0 Å². The molecule has 0 aliphatic heterocycles. The van der Waals surface area contributed by atoms with Gasteiger partial charge in [0, 0.05) is 17.8 Å². The van der Waals surface area contributed by atoms with E-state index in [1.807, 2.05) is 12.1 Å². The molecule has 0 fully saturated rings. The van der Waals surface area contributed by atoms with E-state index in [2.05, 4.69) is 44.2 Å². The Kier molecular flexibility index (Phi) is 4.98. The van der Waals surface area contributed by atoms with Crippen LogP contribution in [0.5, 0.6) is 5.88 Å². The molecule has 7 nitrogen and oxygen atoms in total. The molecule has 0 radical (unpaired) electrons. The highest BCUT2D eigenvalue weighted by atomic mass is 28.4. The molecule has 0 spiro atoms. The molecule has 0 bridgehead atoms. The lowest BCUT2D eigenvalue weighted by Gasteiger charge is -2.36. The quantitative estimate of drug-likeness (QED) is 0.393. The Bertz CT molecular complexity index is 897. The first-order chi connectivity index (χ1) is 13.7. The molecule has 0 aliphatic carbocycles. The summed E-state index contributed by atoms with van der Waals surface area (Å²) in [7, 11) is -4.57. The van der Waals surface area contributed by atoms with Crippen molar-refractivity contribution in [3.05, 3.63) is 52.1 Å². The Morgan fingerprint density at radius 2 is 1.89 bits per heavy atom. The summed E-state index contributed by atoms with van der Waals surface area (Å²) < 4.78 is 32.4. The predicted molar refractivity (Wildman–Crippen MR) is 109 cm³/mol. The van der Waals surface area contributed by atoms with E-state index in [0.29, 0.717) is 12.3 Å². The number of anilines is 2. The summed E-state index contributed by atoms with van der Waals surface area (Å²) in [4.78, 5) is 14.6. The molecule has 2 aromatic rings. The van der Waals surface area contributed by atoms with Gasteiger partial charge in [-0.1, -0.05) is 32.9 Å². The summed E-state index contributed by atoms with van der Waals surface area (Å²) in [5.41, 5.74) is 1.25. The van der Waals surface area contributed by atoms with Gasteiger partial charge in [0.05, 0.1) is 22.7 Å². The fraction of sp³-hybridized carbons (Fsp3) is 0.421. The van der Waals surface area contributed by atoms with Crippen LogP contribution >= 0.6 is 0 Å². The van der Waals surface area contributed by atoms with Crippen LogP contribution in [-0.2, 0) is 11.0 Å². The lowest BCUT2D eigenvalue weighted by Crippen LogP contribution is -2.40. The molecular weight excluding hydrogens is 362 g/mol. The van der Waals surface area contributed by atoms with E-state index in [1.54, 1.807) is 12.1 Å². The van der Waals surface area contributed by atoms with Crippen molar-refractivity contribution in [2.75, 3.05) is 12.4 Å². The zero-order valence-electron chi connectivity index (χ0n) is 19.2. The minimum Gasteiger partial charge on any atom is -0.481 e. The number of nitro groups is 1. The van der Waals surface area contributed by atoms with Crippen molar-refractivity contribution >= 4 is 25.5 Å². The third-order valence-electron chi connectivity index (χ3n) is 4.77. The van der Waals surface area contributed by atoms with Crippen LogP contribution in [0.2, 0.25) is 18.1 Å². The number of benzene rings is 1. The lowest BCUT2D eigenvalue weighted by molar-refractivity contribution is -0.384. The number of aromatic nitrogens is 1. The molecular formula is C19H27N3O4Si. The van der Waals surface area contributed by atoms with E-state index >= 15 is 0 Å². The molecule has 1 N–H and O–H groups in total. The van der Waals surface area contributed by atoms with Gasteiger partial charge >= 0.3 is 5.69 Å². The van der Waals surface area contributed by atoms with Gasteiger partial charge in [-0.2, -0.15) is 4.98 Å². The number of methoxy groups -OCH3 is 1. The van der Waals surface area contributed by atoms with Gasteiger partial charge in [0.15, 0.2) is 8.32 Å². The van der Waals surface area contributed by atoms with E-state index in [-0.39, 0.29) is 22.4 Å². The van der Waals surface area contributed by atoms with Crippen LogP contribution in [0.4, 0.5) is 17.2 Å². The largest absolute Gasteiger partial charge is 0.481 e. The van der Waals surface area contributed by atoms with Crippen molar-refractivity contribution in [3.63, 3.8) is 0 Å². The summed E-state index contributed by atoms with van der Waals surface area (Å²) in [5.74, 6) is -0.338. The van der Waals surface area contributed by atoms with Gasteiger partial charge in [0.1, 0.15) is 0 Å². The second-order valence-electron chi connectivity index (χ2n) is 7.75. The molecule has 2 rings (SSSR count). The van der Waals surface area contributed by atoms with Crippen molar-refractivity contribution in [1.29, 1.82) is 0 Å². The normalized spacial score (nSPS) is 14.0. The Balaban J connectivity index is 2.16. The van der Waals surface area contributed by atoms with Crippen LogP contribution in [0.3, 0.4) is 0 Å². The molecule has 0 unspecified atom stereocenters. The minimum absolute atomic E-state index is 0.105. The highest BCUT2D eigenvalue weighted by Gasteiger charge is 2.36. The zero-order chi connectivity index (χ0) is 22.7. The van der Waals surface area contributed by atoms with E-state index in [1.165, 1.54) is 0 Å². The Morgan fingerprint density at radius 3 is 2.44 bits per heavy atom. The molecule has 146 valence electrons. The summed E-state index contributed by atoms with van der Waals surface area (Å²) in [5, 5.41) is 14.3. The average molecular weight is 393 g/mol. The van der Waals surface area contributed by atoms with Crippen LogP contribution in [0.25, 0.3) is 0 Å². The monoisotopic (exact) mass is 392 g/mol. The van der Waals surface area contributed by atoms with Crippen LogP contribution < -0.4 is 10.1 Å². The fourth-order valence-electron chi connectivity index (χ4n) is 2.03. The van der Waals surface area contributed by atoms with Crippen LogP contribution in [0, 0.1) is 10.1 Å². The maximum atomic E-state index is 11.3. The Morgan fingerprint density at radius 1 is 1.22 bits per heavy atom. The van der Waals surface area contributed by atoms with Gasteiger partial charge in [-0.05, 0) is 35.8 Å². The highest BCUT2D eigenvalue weighted by molar-refractivity contribution is 6.74. The highest BCUT2D eigenvalue weighted by Crippen LogP contribution is 2.37. The first-order valence-corrected chi connectivity index (χ1v) is 11.4. The number of hydrogen-bond donors (Lipinski definition) is 1. The van der Waals surface area contributed by atoms with Crippen molar-refractivity contribution < 1.29 is 18.2 Å². The average Bonchev–Trinajstić information content (AvgIpc) is 2.59. The molecule has 1 heterocycles. The maximum Gasteiger partial charge on any atom is 0.311 e. The maximum absolute atomic E-state index is 11.3. The molecule has 1 aromatic heterocycles. The molecule has 1 aromatic carbocycles. The standard InChI is InChI=1S/C19H27N3O4Si/c1-19(2,3)27(5,6)26-13-14-7-9-15(10-8-14)20-18-16(22(23)24)11-12-17(21-18)25-4/h7-12H,13H2,1-6H3,(H,20,21)/i4D3. The zero-order valence-corrected chi connectivity index (χ0v) is 17.2. The van der Waals surface area contributed by atoms with Crippen LogP contribution in [0.1, 0.15) is 30.4 Å². The van der Waals surface area contributed by atoms with Gasteiger partial charge in [-0.25, -0.2) is 0 Å². The molecule has 27 heavy (non-hydrogen) atoms. The first kappa shape index (κ1) is 16.7. The number of rotatable bonds is 7. The SMILES string of the molecule is [2H]C([2H])([2H])Oc1ccc([N+](=O)[O-])c(Nc2ccc(CO[Si](C)(C)C(C)(C)C)cc2)n1. The van der Waals surface area contributed by atoms with Crippen molar-refractivity contribution in [1.82, 2.24) is 4.98 Å². The summed E-state index contributed by atoms with van der Waals surface area (Å²) in [6.45, 7) is 11.4. The molecule has 0 aliphatic rings. The second-order valence-corrected chi connectivity index (χ2v) is 12.6. The van der Waals surface area contributed by atoms with Gasteiger partial charge in [0.2, 0.25) is 11.7 Å². The van der Waals surface area contributed by atoms with E-state index < -0.39 is 20.3 Å². The van der Waals surface area contributed by atoms with Gasteiger partial charge < -0.3 is 14.5 Å². The van der Waals surface area contributed by atoms with Crippen LogP contribution in [0.15, 0.2) is 36.4 Å². The molecule has 0 amide bonds. The van der Waals surface area contributed by atoms with Crippen LogP contribution in [-0.4, -0.2) is 25.3 Å². The topological polar surface area (TPSA) is 86.5 Å². The van der Waals surface area contributed by atoms with E-state index in [4.69, 9.17) is 13.3 Å². The lowest BCUT2D eigenvalue weighted by atomic mass is 10.2. The first-order valence-electron chi connectivity index (χ1n) is 10.0. The number of hydrogen-bond acceptors (Lipinski definition) is 6. The van der Waals surface area contributed by atoms with Gasteiger partial charge in [-0.3, -0.25) is 10.1 Å². The molecule has 0 saturated carbocycles. The summed E-state index contributed by atoms with van der Waals surface area (Å²) in [6.07, 6.45) is 0.